The molecule has 1 aromatic carbocycles. The van der Waals surface area contributed by atoms with Gasteiger partial charge >= 0.3 is 6.18 Å². The number of carbonyl (C=O) groups excluding carboxylic acids is 1. The first-order valence-corrected chi connectivity index (χ1v) is 9.52. The quantitative estimate of drug-likeness (QED) is 0.815. The van der Waals surface area contributed by atoms with Gasteiger partial charge in [0.25, 0.3) is 5.82 Å². The number of carbonyl (C=O) groups is 1. The van der Waals surface area contributed by atoms with Gasteiger partial charge in [0.15, 0.2) is 0 Å². The third kappa shape index (κ3) is 4.76. The second kappa shape index (κ2) is 8.39. The van der Waals surface area contributed by atoms with Crippen LogP contribution in [-0.2, 0) is 11.0 Å². The molecule has 2 heterocycles. The molecule has 1 fully saturated rings. The first-order valence-electron chi connectivity index (χ1n) is 9.14. The number of alkyl halides is 3. The van der Waals surface area contributed by atoms with Gasteiger partial charge in [0.05, 0.1) is 24.7 Å². The summed E-state index contributed by atoms with van der Waals surface area (Å²) < 4.78 is 38.3. The Kier molecular flexibility index (Phi) is 6.13. The number of aromatic amines is 1. The van der Waals surface area contributed by atoms with E-state index in [0.717, 1.165) is 17.8 Å². The van der Waals surface area contributed by atoms with Gasteiger partial charge < -0.3 is 5.32 Å². The molecule has 0 spiro atoms. The van der Waals surface area contributed by atoms with E-state index in [9.17, 15) is 18.0 Å². The number of H-pyrrole nitrogens is 1. The number of hydrogen-bond donors (Lipinski definition) is 1. The van der Waals surface area contributed by atoms with Gasteiger partial charge in [-0.05, 0) is 31.4 Å². The second-order valence-corrected chi connectivity index (χ2v) is 7.39. The standard InChI is InChI=1S/C20H21ClF3N3O/c1-13(14-5-3-2-4-6-14)26-19(28)15-7-9-27(10-8-15)18-17(21)11-16(12-25-18)20(22,23)24/h2-6,11-13,15H,7-10H2,1H3,(H,26,28)/p+1/t13-/m0/s1. The number of nitrogens with one attached hydrogen (secondary N) is 2. The van der Waals surface area contributed by atoms with Crippen LogP contribution in [0.3, 0.4) is 0 Å². The van der Waals surface area contributed by atoms with Crippen LogP contribution in [0.4, 0.5) is 19.0 Å². The lowest BCUT2D eigenvalue weighted by Gasteiger charge is -2.28. The highest BCUT2D eigenvalue weighted by Crippen LogP contribution is 2.33. The minimum atomic E-state index is -4.45. The van der Waals surface area contributed by atoms with Crippen molar-refractivity contribution in [3.63, 3.8) is 0 Å². The van der Waals surface area contributed by atoms with E-state index in [0.29, 0.717) is 31.7 Å². The molecule has 0 unspecified atom stereocenters. The highest BCUT2D eigenvalue weighted by molar-refractivity contribution is 6.32. The van der Waals surface area contributed by atoms with Crippen molar-refractivity contribution in [2.75, 3.05) is 18.0 Å². The monoisotopic (exact) mass is 412 g/mol. The number of halogens is 4. The summed E-state index contributed by atoms with van der Waals surface area (Å²) in [5.74, 6) is 0.320. The van der Waals surface area contributed by atoms with Crippen LogP contribution in [0.25, 0.3) is 0 Å². The molecule has 1 saturated heterocycles. The fourth-order valence-corrected chi connectivity index (χ4v) is 3.68. The molecule has 1 atom stereocenters. The van der Waals surface area contributed by atoms with E-state index in [4.69, 9.17) is 11.6 Å². The van der Waals surface area contributed by atoms with Gasteiger partial charge in [-0.2, -0.15) is 13.2 Å². The highest BCUT2D eigenvalue weighted by Gasteiger charge is 2.35. The van der Waals surface area contributed by atoms with Crippen molar-refractivity contribution in [2.45, 2.75) is 32.0 Å². The summed E-state index contributed by atoms with van der Waals surface area (Å²) in [6.07, 6.45) is -2.31. The SMILES string of the molecule is C[C@H](NC(=O)C1CCN(c2[nH+]cc(C(F)(F)F)cc2Cl)CC1)c1ccccc1. The molecule has 3 rings (SSSR count). The first-order chi connectivity index (χ1) is 13.3. The molecule has 4 nitrogen and oxygen atoms in total. The Balaban J connectivity index is 1.58. The molecular formula is C20H22ClF3N3O+. The number of nitrogens with zero attached hydrogens (tertiary/aromatic N) is 1. The molecule has 1 aromatic heterocycles. The molecule has 0 bridgehead atoms. The summed E-state index contributed by atoms with van der Waals surface area (Å²) in [5.41, 5.74) is 0.227. The van der Waals surface area contributed by atoms with Crippen LogP contribution < -0.4 is 15.2 Å². The number of aromatic nitrogens is 1. The number of pyridine rings is 1. The number of benzene rings is 1. The number of piperidine rings is 1. The van der Waals surface area contributed by atoms with Gasteiger partial charge in [0, 0.05) is 5.92 Å². The number of anilines is 1. The molecule has 1 aliphatic heterocycles. The molecular weight excluding hydrogens is 391 g/mol. The molecule has 0 aliphatic carbocycles. The van der Waals surface area contributed by atoms with Crippen molar-refractivity contribution >= 4 is 23.3 Å². The molecule has 150 valence electrons. The lowest BCUT2D eigenvalue weighted by atomic mass is 9.95. The summed E-state index contributed by atoms with van der Waals surface area (Å²) in [7, 11) is 0. The number of amides is 1. The van der Waals surface area contributed by atoms with E-state index in [1.54, 1.807) is 0 Å². The van der Waals surface area contributed by atoms with Gasteiger partial charge in [0.2, 0.25) is 5.91 Å². The van der Waals surface area contributed by atoms with Crippen LogP contribution >= 0.6 is 11.6 Å². The van der Waals surface area contributed by atoms with E-state index in [-0.39, 0.29) is 22.9 Å². The van der Waals surface area contributed by atoms with Crippen LogP contribution in [0.1, 0.15) is 36.9 Å². The molecule has 2 aromatic rings. The van der Waals surface area contributed by atoms with E-state index in [1.807, 2.05) is 42.2 Å². The van der Waals surface area contributed by atoms with E-state index < -0.39 is 11.7 Å². The summed E-state index contributed by atoms with van der Waals surface area (Å²) in [5, 5.41) is 3.06. The summed E-state index contributed by atoms with van der Waals surface area (Å²) in [4.78, 5) is 17.1. The molecule has 2 N–H and O–H groups in total. The Morgan fingerprint density at radius 2 is 1.89 bits per heavy atom. The lowest BCUT2D eigenvalue weighted by molar-refractivity contribution is -0.367. The Morgan fingerprint density at radius 1 is 1.25 bits per heavy atom. The molecule has 28 heavy (non-hydrogen) atoms. The fraction of sp³-hybridized carbons (Fsp3) is 0.400. The van der Waals surface area contributed by atoms with Crippen molar-refractivity contribution in [1.82, 2.24) is 5.32 Å². The van der Waals surface area contributed by atoms with Crippen LogP contribution in [0.15, 0.2) is 42.6 Å². The van der Waals surface area contributed by atoms with Gasteiger partial charge in [-0.25, -0.2) is 4.98 Å². The van der Waals surface area contributed by atoms with Gasteiger partial charge in [-0.1, -0.05) is 41.9 Å². The minimum Gasteiger partial charge on any atom is -0.349 e. The molecule has 1 aliphatic rings. The zero-order valence-electron chi connectivity index (χ0n) is 15.4. The fourth-order valence-electron chi connectivity index (χ4n) is 3.39. The molecule has 0 saturated carbocycles. The van der Waals surface area contributed by atoms with E-state index in [1.165, 1.54) is 0 Å². The maximum absolute atomic E-state index is 12.8. The number of hydrogen-bond acceptors (Lipinski definition) is 2. The van der Waals surface area contributed by atoms with E-state index >= 15 is 0 Å². The maximum Gasteiger partial charge on any atom is 0.419 e. The Labute approximate surface area is 166 Å². The third-order valence-electron chi connectivity index (χ3n) is 5.04. The maximum atomic E-state index is 12.8. The normalized spacial score (nSPS) is 16.7. The van der Waals surface area contributed by atoms with Crippen LogP contribution in [0.2, 0.25) is 5.02 Å². The molecule has 0 radical (unpaired) electrons. The average Bonchev–Trinajstić information content (AvgIpc) is 2.68. The van der Waals surface area contributed by atoms with Crippen molar-refractivity contribution in [3.05, 3.63) is 58.7 Å². The van der Waals surface area contributed by atoms with Crippen molar-refractivity contribution in [1.29, 1.82) is 0 Å². The molecule has 1 amide bonds. The van der Waals surface area contributed by atoms with E-state index in [2.05, 4.69) is 10.3 Å². The van der Waals surface area contributed by atoms with Crippen LogP contribution in [-0.4, -0.2) is 19.0 Å². The summed E-state index contributed by atoms with van der Waals surface area (Å²) in [6.45, 7) is 3.03. The first kappa shape index (κ1) is 20.5. The van der Waals surface area contributed by atoms with Gasteiger partial charge in [-0.3, -0.25) is 9.69 Å². The van der Waals surface area contributed by atoms with Crippen molar-refractivity contribution < 1.29 is 22.9 Å². The topological polar surface area (TPSA) is 46.5 Å². The summed E-state index contributed by atoms with van der Waals surface area (Å²) >= 11 is 6.05. The highest BCUT2D eigenvalue weighted by atomic mass is 35.5. The van der Waals surface area contributed by atoms with Gasteiger partial charge in [-0.15, -0.1) is 0 Å². The summed E-state index contributed by atoms with van der Waals surface area (Å²) in [6, 6.07) is 10.6. The lowest BCUT2D eigenvalue weighted by Crippen LogP contribution is -2.43. The zero-order chi connectivity index (χ0) is 20.3. The largest absolute Gasteiger partial charge is 0.419 e. The zero-order valence-corrected chi connectivity index (χ0v) is 16.1. The smallest absolute Gasteiger partial charge is 0.349 e. The van der Waals surface area contributed by atoms with Crippen LogP contribution in [0.5, 0.6) is 0 Å². The minimum absolute atomic E-state index is 0.00139. The predicted octanol–water partition coefficient (Wildman–Crippen LogP) is 4.27. The van der Waals surface area contributed by atoms with Gasteiger partial charge in [0.1, 0.15) is 11.2 Å². The molecule has 8 heteroatoms. The Bertz CT molecular complexity index is 821. The van der Waals surface area contributed by atoms with Crippen molar-refractivity contribution in [3.8, 4) is 0 Å². The Hall–Kier alpha value is -2.28. The predicted molar refractivity (Wildman–Crippen MR) is 101 cm³/mol. The second-order valence-electron chi connectivity index (χ2n) is 6.98. The number of rotatable bonds is 4. The van der Waals surface area contributed by atoms with Crippen molar-refractivity contribution in [2.24, 2.45) is 5.92 Å². The average molecular weight is 413 g/mol. The Morgan fingerprint density at radius 3 is 2.46 bits per heavy atom. The third-order valence-corrected chi connectivity index (χ3v) is 5.33. The van der Waals surface area contributed by atoms with Crippen LogP contribution in [0, 0.1) is 5.92 Å².